The van der Waals surface area contributed by atoms with Crippen molar-refractivity contribution in [2.75, 3.05) is 19.0 Å². The zero-order valence-electron chi connectivity index (χ0n) is 16.4. The predicted molar refractivity (Wildman–Crippen MR) is 112 cm³/mol. The summed E-state index contributed by atoms with van der Waals surface area (Å²) in [5.41, 5.74) is 0.991. The number of para-hydroxylation sites is 1. The average molecular weight is 375 g/mol. The van der Waals surface area contributed by atoms with E-state index in [1.54, 1.807) is 11.8 Å². The molecule has 4 rings (SSSR count). The van der Waals surface area contributed by atoms with E-state index in [2.05, 4.69) is 24.8 Å². The van der Waals surface area contributed by atoms with E-state index >= 15 is 0 Å². The van der Waals surface area contributed by atoms with Gasteiger partial charge in [-0.05, 0) is 37.7 Å². The third-order valence-corrected chi connectivity index (χ3v) is 8.01. The van der Waals surface area contributed by atoms with E-state index in [1.165, 1.54) is 49.8 Å². The van der Waals surface area contributed by atoms with E-state index in [4.69, 9.17) is 0 Å². The summed E-state index contributed by atoms with van der Waals surface area (Å²) >= 11 is 1.73. The van der Waals surface area contributed by atoms with Crippen LogP contribution in [0.1, 0.15) is 58.8 Å². The molecule has 0 spiro atoms. The topological polar surface area (TPSA) is 26.3 Å². The molecule has 0 aliphatic carbocycles. The molecule has 1 aromatic carbocycles. The molecule has 0 N–H and O–H groups in total. The molecule has 3 heterocycles. The molecule has 4 atom stereocenters. The Bertz CT molecular complexity index is 610. The number of nitrogens with zero attached hydrogens (tertiary/aromatic N) is 2. The van der Waals surface area contributed by atoms with E-state index < -0.39 is 0 Å². The highest BCUT2D eigenvalue weighted by molar-refractivity contribution is 7.99. The Labute approximate surface area is 163 Å². The number of quaternary nitrogens is 1. The van der Waals surface area contributed by atoms with Crippen molar-refractivity contribution in [2.45, 2.75) is 75.8 Å². The highest BCUT2D eigenvalue weighted by Crippen LogP contribution is 2.44. The maximum absolute atomic E-state index is 13.4. The summed E-state index contributed by atoms with van der Waals surface area (Å²) in [5.74, 6) is 2.06. The molecule has 1 aromatic rings. The van der Waals surface area contributed by atoms with Gasteiger partial charge < -0.3 is 9.85 Å². The first-order valence-electron chi connectivity index (χ1n) is 10.7. The molecule has 2 fully saturated rings. The largest absolute Gasteiger partial charge is 0.627 e. The van der Waals surface area contributed by atoms with Gasteiger partial charge in [-0.1, -0.05) is 57.0 Å². The third-order valence-electron chi connectivity index (χ3n) is 6.81. The van der Waals surface area contributed by atoms with Crippen LogP contribution in [0.5, 0.6) is 0 Å². The molecule has 26 heavy (non-hydrogen) atoms. The molecule has 2 bridgehead atoms. The van der Waals surface area contributed by atoms with Gasteiger partial charge in [-0.25, -0.2) is 0 Å². The van der Waals surface area contributed by atoms with Crippen molar-refractivity contribution >= 4 is 17.4 Å². The van der Waals surface area contributed by atoms with Crippen molar-refractivity contribution in [3.63, 3.8) is 0 Å². The van der Waals surface area contributed by atoms with Crippen LogP contribution in [-0.4, -0.2) is 35.9 Å². The molecule has 0 aromatic heterocycles. The highest BCUT2D eigenvalue weighted by atomic mass is 32.2. The van der Waals surface area contributed by atoms with E-state index in [0.29, 0.717) is 11.8 Å². The molecule has 3 aliphatic rings. The Morgan fingerprint density at radius 1 is 1.23 bits per heavy atom. The number of benzene rings is 1. The van der Waals surface area contributed by atoms with Crippen molar-refractivity contribution < 1.29 is 0 Å². The maximum atomic E-state index is 13.4. The molecular formula is C22H34N2OS. The first kappa shape index (κ1) is 18.8. The Kier molecular flexibility index (Phi) is 5.66. The van der Waals surface area contributed by atoms with Crippen LogP contribution in [0.2, 0.25) is 0 Å². The number of thioether (sulfide) groups is 1. The first-order chi connectivity index (χ1) is 12.6. The van der Waals surface area contributed by atoms with E-state index in [9.17, 15) is 5.21 Å². The summed E-state index contributed by atoms with van der Waals surface area (Å²) < 4.78 is -0.135. The summed E-state index contributed by atoms with van der Waals surface area (Å²) in [6.45, 7) is 6.44. The van der Waals surface area contributed by atoms with E-state index in [-0.39, 0.29) is 4.65 Å². The zero-order chi connectivity index (χ0) is 18.1. The van der Waals surface area contributed by atoms with Gasteiger partial charge in [0.25, 0.3) is 0 Å². The van der Waals surface area contributed by atoms with Gasteiger partial charge >= 0.3 is 0 Å². The summed E-state index contributed by atoms with van der Waals surface area (Å²) in [7, 11) is 0. The number of hydroxylamine groups is 2. The summed E-state index contributed by atoms with van der Waals surface area (Å²) in [4.78, 5) is 3.97. The van der Waals surface area contributed by atoms with Crippen molar-refractivity contribution in [3.05, 3.63) is 29.5 Å². The molecular weight excluding hydrogens is 340 g/mol. The molecule has 3 aliphatic heterocycles. The van der Waals surface area contributed by atoms with Crippen LogP contribution in [0.25, 0.3) is 0 Å². The normalized spacial score (nSPS) is 34.8. The lowest BCUT2D eigenvalue weighted by Gasteiger charge is -2.43. The Hall–Kier alpha value is -0.550. The zero-order valence-corrected chi connectivity index (χ0v) is 17.2. The van der Waals surface area contributed by atoms with Gasteiger partial charge in [0, 0.05) is 30.6 Å². The number of unbranched alkanes of at least 4 members (excludes halogenated alkanes) is 1. The minimum absolute atomic E-state index is 0.135. The van der Waals surface area contributed by atoms with E-state index in [0.717, 1.165) is 36.8 Å². The SMILES string of the molecule is CCCCC1CC2CCC(C1)N2CC(C)C[N+]1([O-])CSc2ccccc21. The highest BCUT2D eigenvalue weighted by Gasteiger charge is 2.41. The van der Waals surface area contributed by atoms with Gasteiger partial charge in [-0.3, -0.25) is 4.90 Å². The lowest BCUT2D eigenvalue weighted by molar-refractivity contribution is 0.0809. The standard InChI is InChI=1S/C22H34N2OS/c1-3-4-7-18-12-19-10-11-20(13-18)23(19)14-17(2)15-24(25)16-26-22-9-6-5-8-21(22)24/h5-6,8-9,17-20H,3-4,7,10-16H2,1-2H3. The monoisotopic (exact) mass is 374 g/mol. The number of hydrogen-bond donors (Lipinski definition) is 0. The van der Waals surface area contributed by atoms with Crippen LogP contribution >= 0.6 is 11.8 Å². The second-order valence-corrected chi connectivity index (χ2v) is 9.97. The predicted octanol–water partition coefficient (Wildman–Crippen LogP) is 5.62. The number of hydrogen-bond acceptors (Lipinski definition) is 3. The molecule has 4 heteroatoms. The van der Waals surface area contributed by atoms with Crippen LogP contribution in [0.4, 0.5) is 5.69 Å². The Balaban J connectivity index is 1.35. The fourth-order valence-corrected chi connectivity index (χ4v) is 6.79. The fraction of sp³-hybridized carbons (Fsp3) is 0.727. The number of rotatable bonds is 7. The maximum Gasteiger partial charge on any atom is 0.147 e. The average Bonchev–Trinajstić information content (AvgIpc) is 3.06. The van der Waals surface area contributed by atoms with Gasteiger partial charge in [-0.15, -0.1) is 0 Å². The van der Waals surface area contributed by atoms with Crippen molar-refractivity contribution in [2.24, 2.45) is 11.8 Å². The summed E-state index contributed by atoms with van der Waals surface area (Å²) in [6.07, 6.45) is 9.73. The Morgan fingerprint density at radius 3 is 2.69 bits per heavy atom. The van der Waals surface area contributed by atoms with Crippen LogP contribution in [0, 0.1) is 17.0 Å². The minimum atomic E-state index is -0.135. The molecule has 0 amide bonds. The van der Waals surface area contributed by atoms with Gasteiger partial charge in [-0.2, -0.15) is 0 Å². The number of fused-ring (bicyclic) bond motifs is 3. The van der Waals surface area contributed by atoms with E-state index in [1.807, 2.05) is 18.2 Å². The van der Waals surface area contributed by atoms with Crippen LogP contribution in [0.15, 0.2) is 29.2 Å². The number of piperidine rings is 1. The Morgan fingerprint density at radius 2 is 1.96 bits per heavy atom. The second kappa shape index (κ2) is 7.83. The molecule has 0 saturated carbocycles. The van der Waals surface area contributed by atoms with Gasteiger partial charge in [0.2, 0.25) is 0 Å². The lowest BCUT2D eigenvalue weighted by atomic mass is 9.86. The minimum Gasteiger partial charge on any atom is -0.627 e. The van der Waals surface area contributed by atoms with Gasteiger partial charge in [0.1, 0.15) is 11.6 Å². The molecule has 2 saturated heterocycles. The van der Waals surface area contributed by atoms with Crippen molar-refractivity contribution in [1.82, 2.24) is 9.55 Å². The quantitative estimate of drug-likeness (QED) is 0.457. The van der Waals surface area contributed by atoms with Crippen LogP contribution in [0.3, 0.4) is 0 Å². The van der Waals surface area contributed by atoms with Crippen LogP contribution < -0.4 is 4.65 Å². The molecule has 3 nitrogen and oxygen atoms in total. The van der Waals surface area contributed by atoms with Crippen LogP contribution in [-0.2, 0) is 0 Å². The van der Waals surface area contributed by atoms with Crippen molar-refractivity contribution in [3.8, 4) is 0 Å². The second-order valence-electron chi connectivity index (χ2n) is 8.98. The third kappa shape index (κ3) is 3.71. The summed E-state index contributed by atoms with van der Waals surface area (Å²) in [5, 5.41) is 13.4. The van der Waals surface area contributed by atoms with Gasteiger partial charge in [0.15, 0.2) is 0 Å². The molecule has 4 unspecified atom stereocenters. The van der Waals surface area contributed by atoms with Gasteiger partial charge in [0.05, 0.1) is 11.4 Å². The fourth-order valence-electron chi connectivity index (χ4n) is 5.64. The van der Waals surface area contributed by atoms with Crippen molar-refractivity contribution in [1.29, 1.82) is 0 Å². The molecule has 144 valence electrons. The lowest BCUT2D eigenvalue weighted by Crippen LogP contribution is -2.49. The molecule has 0 radical (unpaired) electrons. The smallest absolute Gasteiger partial charge is 0.147 e. The first-order valence-corrected chi connectivity index (χ1v) is 11.6. The summed E-state index contributed by atoms with van der Waals surface area (Å²) in [6, 6.07) is 9.78.